The van der Waals surface area contributed by atoms with Gasteiger partial charge in [0.1, 0.15) is 12.4 Å². The molecular weight excluding hydrogens is 368 g/mol. The minimum Gasteiger partial charge on any atom is -0.359 e. The van der Waals surface area contributed by atoms with E-state index in [1.165, 1.54) is 96.6 Å². The third-order valence-electron chi connectivity index (χ3n) is 6.14. The van der Waals surface area contributed by atoms with Crippen molar-refractivity contribution in [3.63, 3.8) is 0 Å². The predicted molar refractivity (Wildman–Crippen MR) is 130 cm³/mol. The minimum absolute atomic E-state index is 0.556. The number of imidazole rings is 1. The molecule has 1 aromatic rings. The van der Waals surface area contributed by atoms with Crippen LogP contribution in [0.5, 0.6) is 0 Å². The largest absolute Gasteiger partial charge is 0.359 e. The Bertz CT molecular complexity index is 537. The average Bonchev–Trinajstić information content (AvgIpc) is 3.29. The Labute approximate surface area is 188 Å². The lowest BCUT2D eigenvalue weighted by Crippen LogP contribution is -2.33. The van der Waals surface area contributed by atoms with E-state index in [1.807, 2.05) is 0 Å². The lowest BCUT2D eigenvalue weighted by molar-refractivity contribution is -0.671. The number of aromatic nitrogens is 2. The van der Waals surface area contributed by atoms with E-state index in [2.05, 4.69) is 84.9 Å². The Morgan fingerprint density at radius 1 is 0.733 bits per heavy atom. The van der Waals surface area contributed by atoms with Crippen LogP contribution < -0.4 is 4.57 Å². The molecule has 0 saturated heterocycles. The molecular formula is C26H51N4+. The third-order valence-corrected chi connectivity index (χ3v) is 6.14. The SMILES string of the molecule is CCCCCCCCCCCCCCn1cc[n+](C)c1.CCCN1C=CN(C)C1C. The summed E-state index contributed by atoms with van der Waals surface area (Å²) in [5, 5.41) is 0. The van der Waals surface area contributed by atoms with Gasteiger partial charge in [-0.05, 0) is 26.2 Å². The average molecular weight is 420 g/mol. The fourth-order valence-electron chi connectivity index (χ4n) is 3.96. The Morgan fingerprint density at radius 2 is 1.30 bits per heavy atom. The highest BCUT2D eigenvalue weighted by molar-refractivity contribution is 4.93. The molecule has 4 heteroatoms. The van der Waals surface area contributed by atoms with Gasteiger partial charge in [0, 0.05) is 26.0 Å². The summed E-state index contributed by atoms with van der Waals surface area (Å²) in [4.78, 5) is 4.57. The van der Waals surface area contributed by atoms with Crippen LogP contribution in [-0.4, -0.2) is 34.1 Å². The van der Waals surface area contributed by atoms with Gasteiger partial charge in [-0.15, -0.1) is 0 Å². The van der Waals surface area contributed by atoms with E-state index >= 15 is 0 Å². The van der Waals surface area contributed by atoms with Crippen molar-refractivity contribution in [2.45, 2.75) is 117 Å². The van der Waals surface area contributed by atoms with Gasteiger partial charge in [0.05, 0.1) is 19.8 Å². The van der Waals surface area contributed by atoms with E-state index in [0.717, 1.165) is 0 Å². The summed E-state index contributed by atoms with van der Waals surface area (Å²) in [7, 11) is 4.19. The predicted octanol–water partition coefficient (Wildman–Crippen LogP) is 6.47. The highest BCUT2D eigenvalue weighted by atomic mass is 15.4. The van der Waals surface area contributed by atoms with Crippen molar-refractivity contribution < 1.29 is 4.57 Å². The Balaban J connectivity index is 0.000000375. The van der Waals surface area contributed by atoms with Gasteiger partial charge in [-0.2, -0.15) is 0 Å². The Morgan fingerprint density at radius 3 is 1.73 bits per heavy atom. The fourth-order valence-corrected chi connectivity index (χ4v) is 3.96. The number of unbranched alkanes of at least 4 members (excludes halogenated alkanes) is 11. The van der Waals surface area contributed by atoms with Gasteiger partial charge in [-0.3, -0.25) is 0 Å². The van der Waals surface area contributed by atoms with Gasteiger partial charge in [0.2, 0.25) is 6.33 Å². The number of rotatable bonds is 15. The zero-order valence-corrected chi connectivity index (χ0v) is 20.9. The topological polar surface area (TPSA) is 15.3 Å². The molecule has 0 radical (unpaired) electrons. The first-order valence-electron chi connectivity index (χ1n) is 12.8. The first-order chi connectivity index (χ1) is 14.6. The maximum atomic E-state index is 2.35. The summed E-state index contributed by atoms with van der Waals surface area (Å²) in [5.41, 5.74) is 0. The summed E-state index contributed by atoms with van der Waals surface area (Å²) in [6.45, 7) is 9.06. The molecule has 1 aromatic heterocycles. The van der Waals surface area contributed by atoms with Gasteiger partial charge in [-0.1, -0.05) is 78.1 Å². The summed E-state index contributed by atoms with van der Waals surface area (Å²) in [6.07, 6.45) is 29.6. The first kappa shape index (κ1) is 26.6. The molecule has 0 saturated carbocycles. The van der Waals surface area contributed by atoms with Crippen LogP contribution in [0.2, 0.25) is 0 Å². The van der Waals surface area contributed by atoms with Crippen LogP contribution in [0.15, 0.2) is 31.1 Å². The van der Waals surface area contributed by atoms with Crippen molar-refractivity contribution in [2.24, 2.45) is 7.05 Å². The second kappa shape index (κ2) is 17.3. The van der Waals surface area contributed by atoms with E-state index < -0.39 is 0 Å². The molecule has 0 amide bonds. The van der Waals surface area contributed by atoms with Crippen molar-refractivity contribution in [3.8, 4) is 0 Å². The maximum Gasteiger partial charge on any atom is 0.243 e. The number of hydrogen-bond acceptors (Lipinski definition) is 2. The van der Waals surface area contributed by atoms with Crippen LogP contribution >= 0.6 is 0 Å². The molecule has 1 unspecified atom stereocenters. The second-order valence-corrected chi connectivity index (χ2v) is 9.04. The molecule has 2 heterocycles. The molecule has 1 aliphatic heterocycles. The molecule has 30 heavy (non-hydrogen) atoms. The first-order valence-corrected chi connectivity index (χ1v) is 12.8. The third kappa shape index (κ3) is 12.3. The minimum atomic E-state index is 0.556. The summed E-state index contributed by atoms with van der Waals surface area (Å²) in [5.74, 6) is 0. The Hall–Kier alpha value is -1.45. The van der Waals surface area contributed by atoms with Crippen molar-refractivity contribution in [1.29, 1.82) is 0 Å². The molecule has 1 atom stereocenters. The van der Waals surface area contributed by atoms with Crippen LogP contribution in [0.25, 0.3) is 0 Å². The van der Waals surface area contributed by atoms with Crippen molar-refractivity contribution in [2.75, 3.05) is 13.6 Å². The molecule has 0 bridgehead atoms. The standard InChI is InChI=1S/C18H35N2.C8H16N2/c1-3-4-5-6-7-8-9-10-11-12-13-14-15-20-17-16-19(2)18-20;1-4-5-10-7-6-9(3)8(10)2/h16-18H,3-15H2,1-2H3;6-8H,4-5H2,1-3H3/q+1;. The summed E-state index contributed by atoms with van der Waals surface area (Å²) < 4.78 is 4.40. The molecule has 0 N–H and O–H groups in total. The van der Waals surface area contributed by atoms with Crippen LogP contribution in [0, 0.1) is 0 Å². The molecule has 0 fully saturated rings. The van der Waals surface area contributed by atoms with Gasteiger partial charge in [-0.25, -0.2) is 9.13 Å². The monoisotopic (exact) mass is 419 g/mol. The Kier molecular flexibility index (Phi) is 15.3. The normalized spacial score (nSPS) is 15.6. The molecule has 4 nitrogen and oxygen atoms in total. The van der Waals surface area contributed by atoms with E-state index in [9.17, 15) is 0 Å². The van der Waals surface area contributed by atoms with E-state index in [-0.39, 0.29) is 0 Å². The highest BCUT2D eigenvalue weighted by Crippen LogP contribution is 2.13. The van der Waals surface area contributed by atoms with Gasteiger partial charge < -0.3 is 9.80 Å². The smallest absolute Gasteiger partial charge is 0.243 e. The quantitative estimate of drug-likeness (QED) is 0.239. The lowest BCUT2D eigenvalue weighted by Gasteiger charge is -2.26. The molecule has 1 aliphatic rings. The van der Waals surface area contributed by atoms with Gasteiger partial charge in [0.15, 0.2) is 0 Å². The molecule has 0 spiro atoms. The van der Waals surface area contributed by atoms with Crippen LogP contribution in [0.1, 0.15) is 104 Å². The molecule has 0 aromatic carbocycles. The zero-order valence-electron chi connectivity index (χ0n) is 20.9. The zero-order chi connectivity index (χ0) is 22.0. The van der Waals surface area contributed by atoms with E-state index in [4.69, 9.17) is 0 Å². The van der Waals surface area contributed by atoms with E-state index in [1.54, 1.807) is 0 Å². The summed E-state index contributed by atoms with van der Waals surface area (Å²) >= 11 is 0. The van der Waals surface area contributed by atoms with Crippen molar-refractivity contribution in [3.05, 3.63) is 31.1 Å². The summed E-state index contributed by atoms with van der Waals surface area (Å²) in [6, 6.07) is 0. The second-order valence-electron chi connectivity index (χ2n) is 9.04. The molecule has 174 valence electrons. The number of hydrogen-bond donors (Lipinski definition) is 0. The number of nitrogens with zero attached hydrogens (tertiary/aromatic N) is 4. The molecule has 2 rings (SSSR count). The van der Waals surface area contributed by atoms with Gasteiger partial charge in [0.25, 0.3) is 0 Å². The number of aryl methyl sites for hydroxylation is 2. The molecule has 0 aliphatic carbocycles. The van der Waals surface area contributed by atoms with Crippen LogP contribution in [-0.2, 0) is 13.6 Å². The highest BCUT2D eigenvalue weighted by Gasteiger charge is 2.16. The fraction of sp³-hybridized carbons (Fsp3) is 0.808. The maximum absolute atomic E-state index is 2.35. The van der Waals surface area contributed by atoms with Gasteiger partial charge >= 0.3 is 0 Å². The van der Waals surface area contributed by atoms with E-state index in [0.29, 0.717) is 6.17 Å². The van der Waals surface area contributed by atoms with Crippen LogP contribution in [0.4, 0.5) is 0 Å². The van der Waals surface area contributed by atoms with Crippen LogP contribution in [0.3, 0.4) is 0 Å². The van der Waals surface area contributed by atoms with Crippen molar-refractivity contribution >= 4 is 0 Å². The lowest BCUT2D eigenvalue weighted by atomic mass is 10.1. The van der Waals surface area contributed by atoms with Crippen molar-refractivity contribution in [1.82, 2.24) is 14.4 Å².